The molecule has 0 radical (unpaired) electrons. The number of morpholine rings is 1. The second kappa shape index (κ2) is 10.2. The Morgan fingerprint density at radius 2 is 1.83 bits per heavy atom. The minimum Gasteiger partial charge on any atom is -0.507 e. The van der Waals surface area contributed by atoms with Gasteiger partial charge in [0.2, 0.25) is 10.0 Å². The maximum absolute atomic E-state index is 13.0. The van der Waals surface area contributed by atoms with Crippen molar-refractivity contribution in [1.29, 1.82) is 0 Å². The lowest BCUT2D eigenvalue weighted by molar-refractivity contribution is -0.140. The van der Waals surface area contributed by atoms with Crippen LogP contribution in [0.15, 0.2) is 59.3 Å². The highest BCUT2D eigenvalue weighted by Gasteiger charge is 2.46. The largest absolute Gasteiger partial charge is 0.507 e. The van der Waals surface area contributed by atoms with Crippen LogP contribution < -0.4 is 0 Å². The molecular weight excluding hydrogens is 472 g/mol. The monoisotopic (exact) mass is 500 g/mol. The molecule has 0 bridgehead atoms. The van der Waals surface area contributed by atoms with Crippen LogP contribution in [-0.4, -0.2) is 97.8 Å². The maximum atomic E-state index is 13.0. The molecule has 2 fully saturated rings. The van der Waals surface area contributed by atoms with Gasteiger partial charge in [0.15, 0.2) is 0 Å². The van der Waals surface area contributed by atoms with Crippen molar-refractivity contribution in [3.05, 3.63) is 65.5 Å². The first-order chi connectivity index (χ1) is 16.7. The van der Waals surface area contributed by atoms with Crippen molar-refractivity contribution in [2.45, 2.75) is 10.9 Å². The molecule has 3 heterocycles. The average Bonchev–Trinajstić information content (AvgIpc) is 3.13. The molecule has 1 N–H and O–H groups in total. The fourth-order valence-electron chi connectivity index (χ4n) is 4.18. The van der Waals surface area contributed by atoms with Crippen molar-refractivity contribution < 1.29 is 27.9 Å². The van der Waals surface area contributed by atoms with Crippen LogP contribution in [0.25, 0.3) is 5.76 Å². The second-order valence-corrected chi connectivity index (χ2v) is 10.6. The van der Waals surface area contributed by atoms with Crippen LogP contribution in [0, 0.1) is 0 Å². The molecule has 0 saturated carbocycles. The summed E-state index contributed by atoms with van der Waals surface area (Å²) in [5.74, 6) is -1.85. The number of likely N-dealkylation sites (N-methyl/N-ethyl adjacent to an activating group) is 1. The molecule has 0 aliphatic carbocycles. The van der Waals surface area contributed by atoms with Gasteiger partial charge < -0.3 is 19.6 Å². The summed E-state index contributed by atoms with van der Waals surface area (Å²) in [6.45, 7) is 2.01. The van der Waals surface area contributed by atoms with E-state index in [9.17, 15) is 23.1 Å². The number of Topliss-reactive ketones (excluding diaryl/α,β-unsaturated/α-hetero) is 1. The number of aliphatic hydroxyl groups is 1. The van der Waals surface area contributed by atoms with Gasteiger partial charge >= 0.3 is 0 Å². The summed E-state index contributed by atoms with van der Waals surface area (Å²) in [5.41, 5.74) is 0.787. The molecule has 1 amide bonds. The lowest BCUT2D eigenvalue weighted by atomic mass is 9.96. The van der Waals surface area contributed by atoms with Crippen LogP contribution in [0.3, 0.4) is 0 Å². The highest BCUT2D eigenvalue weighted by atomic mass is 32.2. The Morgan fingerprint density at radius 3 is 2.43 bits per heavy atom. The highest BCUT2D eigenvalue weighted by Crippen LogP contribution is 2.39. The van der Waals surface area contributed by atoms with Gasteiger partial charge in [-0.25, -0.2) is 8.42 Å². The van der Waals surface area contributed by atoms with E-state index in [1.54, 1.807) is 24.5 Å². The lowest BCUT2D eigenvalue weighted by Gasteiger charge is -2.26. The molecule has 186 valence electrons. The predicted molar refractivity (Wildman–Crippen MR) is 128 cm³/mol. The van der Waals surface area contributed by atoms with E-state index in [1.165, 1.54) is 33.5 Å². The number of likely N-dealkylation sites (tertiary alicyclic amines) is 1. The number of ketones is 1. The zero-order chi connectivity index (χ0) is 25.2. The Bertz CT molecular complexity index is 1220. The van der Waals surface area contributed by atoms with E-state index in [4.69, 9.17) is 4.74 Å². The van der Waals surface area contributed by atoms with Crippen molar-refractivity contribution in [3.8, 4) is 0 Å². The Hall–Kier alpha value is -3.12. The van der Waals surface area contributed by atoms with Crippen molar-refractivity contribution in [1.82, 2.24) is 19.1 Å². The van der Waals surface area contributed by atoms with Crippen LogP contribution >= 0.6 is 0 Å². The van der Waals surface area contributed by atoms with Gasteiger partial charge in [0.05, 0.1) is 29.7 Å². The Balaban J connectivity index is 1.71. The van der Waals surface area contributed by atoms with Crippen LogP contribution in [0.1, 0.15) is 17.2 Å². The van der Waals surface area contributed by atoms with Gasteiger partial charge in [-0.05, 0) is 50.0 Å². The Kier molecular flexibility index (Phi) is 7.31. The third-order valence-corrected chi connectivity index (χ3v) is 7.98. The van der Waals surface area contributed by atoms with Gasteiger partial charge in [-0.15, -0.1) is 0 Å². The van der Waals surface area contributed by atoms with Crippen LogP contribution in [-0.2, 0) is 24.3 Å². The standard InChI is InChI=1S/C24H28N4O6S/c1-26(2)10-11-28-21(18-4-3-9-25-16-18)20(23(30)24(28)31)22(29)17-5-7-19(8-6-17)35(32,33)27-12-14-34-15-13-27/h3-9,16,21,29H,10-15H2,1-2H3/t21-/m0/s1. The molecule has 1 aromatic heterocycles. The molecule has 1 atom stereocenters. The summed E-state index contributed by atoms with van der Waals surface area (Å²) in [7, 11) is 0.0189. The van der Waals surface area contributed by atoms with E-state index < -0.39 is 27.8 Å². The van der Waals surface area contributed by atoms with E-state index in [2.05, 4.69) is 4.98 Å². The summed E-state index contributed by atoms with van der Waals surface area (Å²) >= 11 is 0. The zero-order valence-electron chi connectivity index (χ0n) is 19.6. The number of amides is 1. The number of nitrogens with zero attached hydrogens (tertiary/aromatic N) is 4. The van der Waals surface area contributed by atoms with Crippen LogP contribution in [0.5, 0.6) is 0 Å². The highest BCUT2D eigenvalue weighted by molar-refractivity contribution is 7.89. The van der Waals surface area contributed by atoms with Crippen molar-refractivity contribution in [2.75, 3.05) is 53.5 Å². The fourth-order valence-corrected chi connectivity index (χ4v) is 5.59. The number of hydrogen-bond acceptors (Lipinski definition) is 8. The molecule has 11 heteroatoms. The van der Waals surface area contributed by atoms with Gasteiger partial charge in [0.1, 0.15) is 5.76 Å². The number of ether oxygens (including phenoxy) is 1. The van der Waals surface area contributed by atoms with E-state index >= 15 is 0 Å². The predicted octanol–water partition coefficient (Wildman–Crippen LogP) is 1.09. The van der Waals surface area contributed by atoms with Crippen LogP contribution in [0.2, 0.25) is 0 Å². The maximum Gasteiger partial charge on any atom is 0.295 e. The summed E-state index contributed by atoms with van der Waals surface area (Å²) in [5, 5.41) is 11.2. The van der Waals surface area contributed by atoms with Gasteiger partial charge in [0.25, 0.3) is 11.7 Å². The van der Waals surface area contributed by atoms with Crippen LogP contribution in [0.4, 0.5) is 0 Å². The quantitative estimate of drug-likeness (QED) is 0.341. The number of hydrogen-bond donors (Lipinski definition) is 1. The number of carbonyl (C=O) groups is 2. The number of aliphatic hydroxyl groups excluding tert-OH is 1. The first kappa shape index (κ1) is 25.0. The number of benzene rings is 1. The molecule has 0 unspecified atom stereocenters. The number of pyridine rings is 1. The third kappa shape index (κ3) is 4.98. The third-order valence-electron chi connectivity index (χ3n) is 6.06. The molecular formula is C24H28N4O6S. The minimum atomic E-state index is -3.71. The lowest BCUT2D eigenvalue weighted by Crippen LogP contribution is -2.40. The van der Waals surface area contributed by atoms with E-state index in [1.807, 2.05) is 19.0 Å². The zero-order valence-corrected chi connectivity index (χ0v) is 20.4. The first-order valence-corrected chi connectivity index (χ1v) is 12.7. The molecule has 2 saturated heterocycles. The van der Waals surface area contributed by atoms with E-state index in [0.717, 1.165) is 0 Å². The minimum absolute atomic E-state index is 0.0504. The van der Waals surface area contributed by atoms with Crippen molar-refractivity contribution in [2.24, 2.45) is 0 Å². The van der Waals surface area contributed by atoms with Gasteiger partial charge in [-0.3, -0.25) is 14.6 Å². The first-order valence-electron chi connectivity index (χ1n) is 11.2. The summed E-state index contributed by atoms with van der Waals surface area (Å²) < 4.78 is 32.4. The Labute approximate surface area is 204 Å². The average molecular weight is 501 g/mol. The summed E-state index contributed by atoms with van der Waals surface area (Å²) in [4.78, 5) is 33.5. The molecule has 4 rings (SSSR count). The molecule has 1 aromatic carbocycles. The number of rotatable bonds is 7. The van der Waals surface area contributed by atoms with Gasteiger partial charge in [-0.1, -0.05) is 6.07 Å². The number of sulfonamides is 1. The molecule has 2 aliphatic heterocycles. The summed E-state index contributed by atoms with van der Waals surface area (Å²) in [6, 6.07) is 8.30. The van der Waals surface area contributed by atoms with E-state index in [-0.39, 0.29) is 41.4 Å². The molecule has 2 aliphatic rings. The van der Waals surface area contributed by atoms with E-state index in [0.29, 0.717) is 25.3 Å². The smallest absolute Gasteiger partial charge is 0.295 e. The number of carbonyl (C=O) groups excluding carboxylic acids is 2. The van der Waals surface area contributed by atoms with Gasteiger partial charge in [-0.2, -0.15) is 4.31 Å². The topological polar surface area (TPSA) is 120 Å². The summed E-state index contributed by atoms with van der Waals surface area (Å²) in [6.07, 6.45) is 3.15. The van der Waals surface area contributed by atoms with Gasteiger partial charge in [0, 0.05) is 44.1 Å². The SMILES string of the molecule is CN(C)CCN1C(=O)C(=O)C(=C(O)c2ccc(S(=O)(=O)N3CCOCC3)cc2)[C@@H]1c1cccnc1. The molecule has 35 heavy (non-hydrogen) atoms. The molecule has 0 spiro atoms. The molecule has 2 aromatic rings. The second-order valence-electron chi connectivity index (χ2n) is 8.62. The normalized spacial score (nSPS) is 21.1. The number of aromatic nitrogens is 1. The Morgan fingerprint density at radius 1 is 1.14 bits per heavy atom. The van der Waals surface area contributed by atoms with Crippen molar-refractivity contribution >= 4 is 27.5 Å². The van der Waals surface area contributed by atoms with Crippen molar-refractivity contribution in [3.63, 3.8) is 0 Å². The fraction of sp³-hybridized carbons (Fsp3) is 0.375. The molecule has 10 nitrogen and oxygen atoms in total.